The van der Waals surface area contributed by atoms with Gasteiger partial charge in [-0.1, -0.05) is 0 Å². The molecule has 0 saturated heterocycles. The zero-order valence-corrected chi connectivity index (χ0v) is 14.9. The van der Waals surface area contributed by atoms with Gasteiger partial charge in [-0.2, -0.15) is 4.68 Å². The molecule has 1 amide bonds. The Morgan fingerprint density at radius 2 is 2.08 bits per heavy atom. The van der Waals surface area contributed by atoms with Crippen LogP contribution in [0.1, 0.15) is 16.2 Å². The highest BCUT2D eigenvalue weighted by molar-refractivity contribution is 9.10. The van der Waals surface area contributed by atoms with Crippen LogP contribution >= 0.6 is 15.9 Å². The van der Waals surface area contributed by atoms with E-state index in [9.17, 15) is 9.18 Å². The molecule has 0 fully saturated rings. The number of halogens is 2. The molecule has 0 spiro atoms. The minimum absolute atomic E-state index is 0.144. The van der Waals surface area contributed by atoms with Crippen molar-refractivity contribution in [3.63, 3.8) is 0 Å². The topological polar surface area (TPSA) is 81.9 Å². The molecule has 25 heavy (non-hydrogen) atoms. The Labute approximate surface area is 150 Å². The fourth-order valence-corrected chi connectivity index (χ4v) is 2.64. The van der Waals surface area contributed by atoms with Gasteiger partial charge in [-0.25, -0.2) is 4.39 Å². The summed E-state index contributed by atoms with van der Waals surface area (Å²) in [6.07, 6.45) is 0. The van der Waals surface area contributed by atoms with Gasteiger partial charge in [0.15, 0.2) is 5.82 Å². The molecule has 0 aliphatic carbocycles. The van der Waals surface area contributed by atoms with E-state index >= 15 is 0 Å². The lowest BCUT2D eigenvalue weighted by atomic mass is 10.2. The van der Waals surface area contributed by atoms with E-state index in [0.29, 0.717) is 27.3 Å². The highest BCUT2D eigenvalue weighted by atomic mass is 79.9. The molecule has 0 radical (unpaired) electrons. The van der Waals surface area contributed by atoms with Crippen molar-refractivity contribution < 1.29 is 13.9 Å². The molecule has 0 atom stereocenters. The van der Waals surface area contributed by atoms with Crippen LogP contribution in [0, 0.1) is 12.7 Å². The fourth-order valence-electron chi connectivity index (χ4n) is 2.21. The number of nitrogens with one attached hydrogen (secondary N) is 1. The van der Waals surface area contributed by atoms with Gasteiger partial charge < -0.3 is 10.1 Å². The number of hydrogen-bond acceptors (Lipinski definition) is 5. The molecule has 3 aromatic rings. The summed E-state index contributed by atoms with van der Waals surface area (Å²) in [7, 11) is 1.52. The molecule has 0 unspecified atom stereocenters. The predicted molar refractivity (Wildman–Crippen MR) is 92.5 cm³/mol. The molecular weight excluding hydrogens is 393 g/mol. The third-order valence-electron chi connectivity index (χ3n) is 3.48. The van der Waals surface area contributed by atoms with Crippen LogP contribution in [0.15, 0.2) is 40.9 Å². The van der Waals surface area contributed by atoms with Crippen LogP contribution in [-0.2, 0) is 0 Å². The first-order chi connectivity index (χ1) is 12.0. The summed E-state index contributed by atoms with van der Waals surface area (Å²) in [6.45, 7) is 1.65. The standard InChI is InChI=1S/C16H13BrFN5O2/c1-9-20-21-22-23(9)15-7-10(3-6-14(15)18)19-16(24)12-8-11(25-2)4-5-13(12)17/h3-8H,1-2H3,(H,19,24). The van der Waals surface area contributed by atoms with Gasteiger partial charge in [0.1, 0.15) is 17.3 Å². The number of carbonyl (C=O) groups is 1. The van der Waals surface area contributed by atoms with E-state index in [0.717, 1.165) is 0 Å². The monoisotopic (exact) mass is 405 g/mol. The van der Waals surface area contributed by atoms with Gasteiger partial charge in [-0.15, -0.1) is 5.10 Å². The van der Waals surface area contributed by atoms with Gasteiger partial charge in [0.2, 0.25) is 0 Å². The number of aromatic nitrogens is 4. The van der Waals surface area contributed by atoms with Crippen LogP contribution in [0.25, 0.3) is 5.69 Å². The van der Waals surface area contributed by atoms with E-state index in [1.807, 2.05) is 0 Å². The first kappa shape index (κ1) is 17.0. The average Bonchev–Trinajstić information content (AvgIpc) is 3.02. The van der Waals surface area contributed by atoms with Gasteiger partial charge >= 0.3 is 0 Å². The smallest absolute Gasteiger partial charge is 0.256 e. The second-order valence-corrected chi connectivity index (χ2v) is 5.96. The zero-order valence-electron chi connectivity index (χ0n) is 13.3. The van der Waals surface area contributed by atoms with Crippen LogP contribution < -0.4 is 10.1 Å². The molecule has 0 saturated carbocycles. The first-order valence-electron chi connectivity index (χ1n) is 7.19. The number of nitrogens with zero attached hydrogens (tertiary/aromatic N) is 4. The fraction of sp³-hybridized carbons (Fsp3) is 0.125. The van der Waals surface area contributed by atoms with Gasteiger partial charge in [0.25, 0.3) is 5.91 Å². The molecule has 0 bridgehead atoms. The Kier molecular flexibility index (Phi) is 4.75. The molecule has 128 valence electrons. The number of tetrazole rings is 1. The molecule has 0 aliphatic heterocycles. The number of amides is 1. The number of hydrogen-bond donors (Lipinski definition) is 1. The second kappa shape index (κ2) is 6.98. The van der Waals surface area contributed by atoms with Crippen molar-refractivity contribution in [2.75, 3.05) is 12.4 Å². The van der Waals surface area contributed by atoms with Gasteiger partial charge in [-0.3, -0.25) is 4.79 Å². The molecule has 9 heteroatoms. The number of aryl methyl sites for hydroxylation is 1. The number of ether oxygens (including phenoxy) is 1. The lowest BCUT2D eigenvalue weighted by molar-refractivity contribution is 0.102. The summed E-state index contributed by atoms with van der Waals surface area (Å²) in [5.74, 6) is 0.114. The Bertz CT molecular complexity index is 944. The van der Waals surface area contributed by atoms with Crippen molar-refractivity contribution in [1.29, 1.82) is 0 Å². The van der Waals surface area contributed by atoms with E-state index in [2.05, 4.69) is 36.8 Å². The van der Waals surface area contributed by atoms with Gasteiger partial charge in [0.05, 0.1) is 12.7 Å². The highest BCUT2D eigenvalue weighted by Crippen LogP contribution is 2.24. The van der Waals surface area contributed by atoms with E-state index in [1.165, 1.54) is 30.0 Å². The molecule has 3 rings (SSSR count). The second-order valence-electron chi connectivity index (χ2n) is 5.10. The van der Waals surface area contributed by atoms with E-state index in [-0.39, 0.29) is 11.6 Å². The van der Waals surface area contributed by atoms with Crippen LogP contribution in [0.4, 0.5) is 10.1 Å². The van der Waals surface area contributed by atoms with Crippen molar-refractivity contribution in [1.82, 2.24) is 20.2 Å². The third-order valence-corrected chi connectivity index (χ3v) is 4.17. The molecule has 1 N–H and O–H groups in total. The minimum Gasteiger partial charge on any atom is -0.497 e. The average molecular weight is 406 g/mol. The maximum atomic E-state index is 14.1. The van der Waals surface area contributed by atoms with E-state index < -0.39 is 5.82 Å². The summed E-state index contributed by atoms with van der Waals surface area (Å²) in [6, 6.07) is 9.23. The normalized spacial score (nSPS) is 10.6. The summed E-state index contributed by atoms with van der Waals surface area (Å²) in [5, 5.41) is 13.7. The summed E-state index contributed by atoms with van der Waals surface area (Å²) < 4.78 is 21.1. The molecule has 0 aliphatic rings. The Morgan fingerprint density at radius 1 is 1.28 bits per heavy atom. The largest absolute Gasteiger partial charge is 0.497 e. The van der Waals surface area contributed by atoms with Gasteiger partial charge in [-0.05, 0) is 69.7 Å². The number of methoxy groups -OCH3 is 1. The maximum absolute atomic E-state index is 14.1. The number of anilines is 1. The van der Waals surface area contributed by atoms with Crippen molar-refractivity contribution in [2.24, 2.45) is 0 Å². The molecular formula is C16H13BrFN5O2. The van der Waals surface area contributed by atoms with Crippen molar-refractivity contribution >= 4 is 27.5 Å². The Morgan fingerprint density at radius 3 is 2.76 bits per heavy atom. The zero-order chi connectivity index (χ0) is 18.0. The highest BCUT2D eigenvalue weighted by Gasteiger charge is 2.15. The Balaban J connectivity index is 1.91. The molecule has 1 heterocycles. The Hall–Kier alpha value is -2.81. The molecule has 7 nitrogen and oxygen atoms in total. The van der Waals surface area contributed by atoms with Crippen LogP contribution in [0.5, 0.6) is 5.75 Å². The lowest BCUT2D eigenvalue weighted by Crippen LogP contribution is -2.13. The predicted octanol–water partition coefficient (Wildman–Crippen LogP) is 3.13. The molecule has 2 aromatic carbocycles. The number of rotatable bonds is 4. The van der Waals surface area contributed by atoms with Crippen molar-refractivity contribution in [3.05, 3.63) is 58.1 Å². The van der Waals surface area contributed by atoms with Crippen LogP contribution in [0.3, 0.4) is 0 Å². The van der Waals surface area contributed by atoms with Crippen molar-refractivity contribution in [3.8, 4) is 11.4 Å². The van der Waals surface area contributed by atoms with E-state index in [1.54, 1.807) is 25.1 Å². The van der Waals surface area contributed by atoms with Crippen LogP contribution in [-0.4, -0.2) is 33.2 Å². The quantitative estimate of drug-likeness (QED) is 0.720. The summed E-state index contributed by atoms with van der Waals surface area (Å²) in [5.41, 5.74) is 0.944. The van der Waals surface area contributed by atoms with Gasteiger partial charge in [0, 0.05) is 10.2 Å². The number of benzene rings is 2. The van der Waals surface area contributed by atoms with Crippen molar-refractivity contribution in [2.45, 2.75) is 6.92 Å². The lowest BCUT2D eigenvalue weighted by Gasteiger charge is -2.10. The van der Waals surface area contributed by atoms with Crippen LogP contribution in [0.2, 0.25) is 0 Å². The summed E-state index contributed by atoms with van der Waals surface area (Å²) >= 11 is 3.33. The number of carbonyl (C=O) groups excluding carboxylic acids is 1. The minimum atomic E-state index is -0.504. The first-order valence-corrected chi connectivity index (χ1v) is 7.98. The van der Waals surface area contributed by atoms with E-state index in [4.69, 9.17) is 4.74 Å². The molecule has 1 aromatic heterocycles. The summed E-state index contributed by atoms with van der Waals surface area (Å²) in [4.78, 5) is 12.5. The third kappa shape index (κ3) is 3.50. The SMILES string of the molecule is COc1ccc(Br)c(C(=O)Nc2ccc(F)c(-n3nnnc3C)c2)c1. The maximum Gasteiger partial charge on any atom is 0.256 e.